The van der Waals surface area contributed by atoms with E-state index < -0.39 is 0 Å². The van der Waals surface area contributed by atoms with Gasteiger partial charge in [-0.05, 0) is 12.2 Å². The molecule has 1 unspecified atom stereocenters. The van der Waals surface area contributed by atoms with Gasteiger partial charge in [-0.25, -0.2) is 0 Å². The standard InChI is InChI=1S/C10H6O2.H3P/c11-9-5-6-10(12)8-4-2-1-3-7(8)9;/h1-6H;1H3. The van der Waals surface area contributed by atoms with Crippen molar-refractivity contribution >= 4 is 21.5 Å². The smallest absolute Gasteiger partial charge is 0.186 e. The van der Waals surface area contributed by atoms with Crippen molar-refractivity contribution in [1.29, 1.82) is 0 Å². The first kappa shape index (κ1) is 9.82. The van der Waals surface area contributed by atoms with Gasteiger partial charge in [-0.1, -0.05) is 24.3 Å². The minimum Gasteiger partial charge on any atom is -0.289 e. The summed E-state index contributed by atoms with van der Waals surface area (Å²) < 4.78 is 0. The van der Waals surface area contributed by atoms with E-state index >= 15 is 0 Å². The molecule has 0 bridgehead atoms. The predicted molar refractivity (Wildman–Crippen MR) is 55.3 cm³/mol. The first-order valence-corrected chi connectivity index (χ1v) is 3.65. The van der Waals surface area contributed by atoms with Crippen LogP contribution >= 0.6 is 9.90 Å². The normalized spacial score (nSPS) is 13.5. The zero-order valence-corrected chi connectivity index (χ0v) is 8.40. The summed E-state index contributed by atoms with van der Waals surface area (Å²) in [7, 11) is 0. The summed E-state index contributed by atoms with van der Waals surface area (Å²) in [5, 5.41) is 0. The van der Waals surface area contributed by atoms with Gasteiger partial charge < -0.3 is 0 Å². The third-order valence-electron chi connectivity index (χ3n) is 1.84. The maximum Gasteiger partial charge on any atom is 0.186 e. The zero-order chi connectivity index (χ0) is 8.55. The minimum absolute atomic E-state index is 0. The molecule has 0 N–H and O–H groups in total. The molecule has 66 valence electrons. The molecule has 1 aliphatic carbocycles. The van der Waals surface area contributed by atoms with E-state index in [-0.39, 0.29) is 21.5 Å². The first-order chi connectivity index (χ1) is 5.79. The molecule has 1 aliphatic rings. The van der Waals surface area contributed by atoms with Crippen molar-refractivity contribution < 1.29 is 9.59 Å². The van der Waals surface area contributed by atoms with Gasteiger partial charge in [-0.15, -0.1) is 0 Å². The van der Waals surface area contributed by atoms with E-state index in [9.17, 15) is 9.59 Å². The van der Waals surface area contributed by atoms with Crippen molar-refractivity contribution in [3.63, 3.8) is 0 Å². The number of carbonyl (C=O) groups excluding carboxylic acids is 2. The van der Waals surface area contributed by atoms with Gasteiger partial charge in [0.15, 0.2) is 11.6 Å². The maximum absolute atomic E-state index is 11.2. The Morgan fingerprint density at radius 2 is 1.15 bits per heavy atom. The van der Waals surface area contributed by atoms with E-state index in [0.29, 0.717) is 11.1 Å². The van der Waals surface area contributed by atoms with Gasteiger partial charge in [0.25, 0.3) is 0 Å². The number of rotatable bonds is 0. The van der Waals surface area contributed by atoms with Crippen molar-refractivity contribution in [2.45, 2.75) is 0 Å². The average molecular weight is 192 g/mol. The molecule has 2 rings (SSSR count). The summed E-state index contributed by atoms with van der Waals surface area (Å²) in [6.45, 7) is 0. The third-order valence-corrected chi connectivity index (χ3v) is 1.84. The molecule has 0 aromatic heterocycles. The molecule has 1 aromatic rings. The first-order valence-electron chi connectivity index (χ1n) is 3.65. The number of ketones is 2. The summed E-state index contributed by atoms with van der Waals surface area (Å²) in [6.07, 6.45) is 2.62. The van der Waals surface area contributed by atoms with Crippen molar-refractivity contribution in [2.24, 2.45) is 0 Å². The topological polar surface area (TPSA) is 34.1 Å². The van der Waals surface area contributed by atoms with Gasteiger partial charge in [-0.2, -0.15) is 9.90 Å². The lowest BCUT2D eigenvalue weighted by atomic mass is 9.95. The Labute approximate surface area is 79.3 Å². The molecule has 3 heteroatoms. The van der Waals surface area contributed by atoms with Gasteiger partial charge >= 0.3 is 0 Å². The fraction of sp³-hybridized carbons (Fsp3) is 0. The molecule has 2 nitrogen and oxygen atoms in total. The van der Waals surface area contributed by atoms with Gasteiger partial charge in [0.05, 0.1) is 0 Å². The molecule has 0 heterocycles. The zero-order valence-electron chi connectivity index (χ0n) is 6.99. The summed E-state index contributed by atoms with van der Waals surface area (Å²) in [5.74, 6) is -0.185. The Hall–Kier alpha value is -1.27. The highest BCUT2D eigenvalue weighted by Gasteiger charge is 2.16. The maximum atomic E-state index is 11.2. The Morgan fingerprint density at radius 1 is 0.769 bits per heavy atom. The molecule has 1 aromatic carbocycles. The van der Waals surface area contributed by atoms with Crippen molar-refractivity contribution in [3.05, 3.63) is 47.5 Å². The second-order valence-corrected chi connectivity index (χ2v) is 2.61. The lowest BCUT2D eigenvalue weighted by Crippen LogP contribution is -2.10. The second kappa shape index (κ2) is 3.63. The highest BCUT2D eigenvalue weighted by atomic mass is 31.0. The Kier molecular flexibility index (Phi) is 2.74. The van der Waals surface area contributed by atoms with Crippen LogP contribution in [-0.2, 0) is 0 Å². The molecule has 0 saturated heterocycles. The molecule has 13 heavy (non-hydrogen) atoms. The van der Waals surface area contributed by atoms with Crippen LogP contribution in [0.1, 0.15) is 20.7 Å². The van der Waals surface area contributed by atoms with Crippen LogP contribution < -0.4 is 0 Å². The van der Waals surface area contributed by atoms with Crippen molar-refractivity contribution in [3.8, 4) is 0 Å². The highest BCUT2D eigenvalue weighted by Crippen LogP contribution is 2.15. The van der Waals surface area contributed by atoms with Crippen LogP contribution in [0.2, 0.25) is 0 Å². The van der Waals surface area contributed by atoms with Crippen molar-refractivity contribution in [2.75, 3.05) is 0 Å². The van der Waals surface area contributed by atoms with E-state index in [0.717, 1.165) is 0 Å². The van der Waals surface area contributed by atoms with E-state index in [1.807, 2.05) is 0 Å². The molecule has 0 amide bonds. The highest BCUT2D eigenvalue weighted by molar-refractivity contribution is 6.92. The second-order valence-electron chi connectivity index (χ2n) is 2.61. The SMILES string of the molecule is O=C1C=CC(=O)c2ccccc21.P. The molecule has 0 radical (unpaired) electrons. The lowest BCUT2D eigenvalue weighted by Gasteiger charge is -2.06. The number of allylic oxidation sites excluding steroid dienone is 2. The van der Waals surface area contributed by atoms with Gasteiger partial charge in [-0.3, -0.25) is 9.59 Å². The number of hydrogen-bond acceptors (Lipinski definition) is 2. The summed E-state index contributed by atoms with van der Waals surface area (Å²) >= 11 is 0. The Balaban J connectivity index is 0.000000845. The van der Waals surface area contributed by atoms with Crippen LogP contribution in [0.4, 0.5) is 0 Å². The van der Waals surface area contributed by atoms with E-state index in [1.54, 1.807) is 24.3 Å². The Bertz CT molecular complexity index is 357. The van der Waals surface area contributed by atoms with Crippen LogP contribution in [-0.4, -0.2) is 11.6 Å². The molecule has 0 spiro atoms. The monoisotopic (exact) mass is 192 g/mol. The van der Waals surface area contributed by atoms with Crippen molar-refractivity contribution in [1.82, 2.24) is 0 Å². The summed E-state index contributed by atoms with van der Waals surface area (Å²) in [5.41, 5.74) is 1.01. The van der Waals surface area contributed by atoms with Gasteiger partial charge in [0.1, 0.15) is 0 Å². The fourth-order valence-electron chi connectivity index (χ4n) is 1.24. The molecular formula is C10H9O2P. The summed E-state index contributed by atoms with van der Waals surface area (Å²) in [6, 6.07) is 6.84. The molecule has 1 atom stereocenters. The van der Waals surface area contributed by atoms with Crippen LogP contribution in [0.15, 0.2) is 36.4 Å². The lowest BCUT2D eigenvalue weighted by molar-refractivity contribution is 0.0994. The van der Waals surface area contributed by atoms with Crippen LogP contribution in [0.5, 0.6) is 0 Å². The third kappa shape index (κ3) is 1.58. The molecule has 0 aliphatic heterocycles. The molecule has 0 saturated carbocycles. The number of carbonyl (C=O) groups is 2. The predicted octanol–water partition coefficient (Wildman–Crippen LogP) is 1.68. The fourth-order valence-corrected chi connectivity index (χ4v) is 1.24. The molecule has 0 fully saturated rings. The minimum atomic E-state index is -0.0924. The number of benzene rings is 1. The van der Waals surface area contributed by atoms with Crippen LogP contribution in [0.25, 0.3) is 0 Å². The van der Waals surface area contributed by atoms with Gasteiger partial charge in [0.2, 0.25) is 0 Å². The molecular weight excluding hydrogens is 183 g/mol. The van der Waals surface area contributed by atoms with Crippen LogP contribution in [0, 0.1) is 0 Å². The number of fused-ring (bicyclic) bond motifs is 1. The van der Waals surface area contributed by atoms with E-state index in [4.69, 9.17) is 0 Å². The summed E-state index contributed by atoms with van der Waals surface area (Å²) in [4.78, 5) is 22.4. The Morgan fingerprint density at radius 3 is 1.54 bits per heavy atom. The number of hydrogen-bond donors (Lipinski definition) is 0. The average Bonchev–Trinajstić information content (AvgIpc) is 2.12. The van der Waals surface area contributed by atoms with Crippen LogP contribution in [0.3, 0.4) is 0 Å². The quantitative estimate of drug-likeness (QED) is 0.586. The van der Waals surface area contributed by atoms with E-state index in [2.05, 4.69) is 0 Å². The van der Waals surface area contributed by atoms with Gasteiger partial charge in [0, 0.05) is 11.1 Å². The largest absolute Gasteiger partial charge is 0.289 e. The van der Waals surface area contributed by atoms with E-state index in [1.165, 1.54) is 12.2 Å².